The van der Waals surface area contributed by atoms with Crippen LogP contribution in [0.1, 0.15) is 28.4 Å². The highest BCUT2D eigenvalue weighted by Gasteiger charge is 2.23. The number of likely N-dealkylation sites (N-methyl/N-ethyl adjacent to an activating group) is 1. The third-order valence-corrected chi connectivity index (χ3v) is 4.22. The number of carbonyl (C=O) groups is 3. The fourth-order valence-electron chi connectivity index (χ4n) is 2.43. The Kier molecular flexibility index (Phi) is 7.60. The van der Waals surface area contributed by atoms with Gasteiger partial charge in [0, 0.05) is 20.0 Å². The van der Waals surface area contributed by atoms with Crippen molar-refractivity contribution >= 4 is 29.3 Å². The number of benzene rings is 2. The number of hydrogen-bond acceptors (Lipinski definition) is 3. The Labute approximate surface area is 169 Å². The molecule has 0 aliphatic heterocycles. The molecule has 1 unspecified atom stereocenters. The van der Waals surface area contributed by atoms with E-state index in [-0.39, 0.29) is 29.1 Å². The third-order valence-electron chi connectivity index (χ3n) is 3.90. The van der Waals surface area contributed by atoms with Gasteiger partial charge in [-0.25, -0.2) is 13.2 Å². The summed E-state index contributed by atoms with van der Waals surface area (Å²) in [5.74, 6) is -4.69. The topological polar surface area (TPSA) is 87.3 Å². The van der Waals surface area contributed by atoms with E-state index in [0.29, 0.717) is 0 Å². The number of rotatable bonds is 7. The molecule has 0 radical (unpaired) electrons. The van der Waals surface area contributed by atoms with Gasteiger partial charge in [0.2, 0.25) is 11.8 Å². The highest BCUT2D eigenvalue weighted by atomic mass is 35.5. The summed E-state index contributed by atoms with van der Waals surface area (Å²) in [5, 5.41) is 7.09. The Bertz CT molecular complexity index is 940. The van der Waals surface area contributed by atoms with Gasteiger partial charge in [-0.05, 0) is 35.9 Å². The van der Waals surface area contributed by atoms with Crippen LogP contribution in [0, 0.1) is 17.5 Å². The zero-order chi connectivity index (χ0) is 21.6. The predicted molar refractivity (Wildman–Crippen MR) is 99.7 cm³/mol. The lowest BCUT2D eigenvalue weighted by molar-refractivity contribution is -0.128. The van der Waals surface area contributed by atoms with Gasteiger partial charge in [-0.2, -0.15) is 0 Å². The first kappa shape index (κ1) is 22.2. The molecule has 0 saturated carbocycles. The number of nitrogens with one attached hydrogen (secondary N) is 3. The largest absolute Gasteiger partial charge is 0.357 e. The molecule has 10 heteroatoms. The first-order chi connectivity index (χ1) is 13.7. The Hall–Kier alpha value is -3.07. The van der Waals surface area contributed by atoms with Crippen LogP contribution in [0.4, 0.5) is 13.2 Å². The van der Waals surface area contributed by atoms with Crippen LogP contribution < -0.4 is 16.0 Å². The SMILES string of the molecule is CNC(=O)C(NC(=O)CCNC(=O)c1ccc(F)cc1Cl)c1ccc(F)c(F)c1. The maximum Gasteiger partial charge on any atom is 0.252 e. The third kappa shape index (κ3) is 5.95. The van der Waals surface area contributed by atoms with Crippen molar-refractivity contribution in [3.63, 3.8) is 0 Å². The van der Waals surface area contributed by atoms with Crippen LogP contribution in [0.25, 0.3) is 0 Å². The molecule has 0 aliphatic rings. The van der Waals surface area contributed by atoms with Crippen LogP contribution in [0.3, 0.4) is 0 Å². The number of carbonyl (C=O) groups excluding carboxylic acids is 3. The van der Waals surface area contributed by atoms with Gasteiger partial charge in [0.15, 0.2) is 11.6 Å². The molecule has 29 heavy (non-hydrogen) atoms. The minimum atomic E-state index is -1.25. The quantitative estimate of drug-likeness (QED) is 0.634. The molecule has 0 heterocycles. The molecule has 6 nitrogen and oxygen atoms in total. The van der Waals surface area contributed by atoms with Crippen LogP contribution in [0.5, 0.6) is 0 Å². The standard InChI is InChI=1S/C19H17ClF3N3O3/c1-24-19(29)17(10-2-5-14(22)15(23)8-10)26-16(27)6-7-25-18(28)12-4-3-11(21)9-13(12)20/h2-5,8-9,17H,6-7H2,1H3,(H,24,29)(H,25,28)(H,26,27). The van der Waals surface area contributed by atoms with Crippen molar-refractivity contribution < 1.29 is 27.6 Å². The van der Waals surface area contributed by atoms with Crippen LogP contribution in [0.2, 0.25) is 5.02 Å². The summed E-state index contributed by atoms with van der Waals surface area (Å²) in [5.41, 5.74) is 0.0947. The van der Waals surface area contributed by atoms with Gasteiger partial charge in [-0.1, -0.05) is 17.7 Å². The average Bonchev–Trinajstić information content (AvgIpc) is 2.67. The summed E-state index contributed by atoms with van der Waals surface area (Å²) < 4.78 is 39.6. The molecule has 2 aromatic rings. The molecule has 1 atom stereocenters. The normalized spacial score (nSPS) is 11.5. The maximum atomic E-state index is 13.5. The van der Waals surface area contributed by atoms with Crippen molar-refractivity contribution in [3.05, 3.63) is 70.0 Å². The lowest BCUT2D eigenvalue weighted by Crippen LogP contribution is -2.40. The van der Waals surface area contributed by atoms with E-state index in [9.17, 15) is 27.6 Å². The zero-order valence-electron chi connectivity index (χ0n) is 15.2. The van der Waals surface area contributed by atoms with Crippen LogP contribution in [-0.2, 0) is 9.59 Å². The number of halogens is 4. The number of hydrogen-bond donors (Lipinski definition) is 3. The molecule has 0 saturated heterocycles. The maximum absolute atomic E-state index is 13.5. The monoisotopic (exact) mass is 427 g/mol. The highest BCUT2D eigenvalue weighted by Crippen LogP contribution is 2.18. The smallest absolute Gasteiger partial charge is 0.252 e. The van der Waals surface area contributed by atoms with E-state index >= 15 is 0 Å². The Morgan fingerprint density at radius 2 is 1.76 bits per heavy atom. The van der Waals surface area contributed by atoms with Gasteiger partial charge in [-0.15, -0.1) is 0 Å². The second-order valence-electron chi connectivity index (χ2n) is 5.92. The summed E-state index contributed by atoms with van der Waals surface area (Å²) in [6.07, 6.45) is -0.207. The first-order valence-electron chi connectivity index (χ1n) is 8.42. The minimum absolute atomic E-state index is 0.0403. The van der Waals surface area contributed by atoms with Gasteiger partial charge in [0.1, 0.15) is 11.9 Å². The molecule has 154 valence electrons. The fourth-order valence-corrected chi connectivity index (χ4v) is 2.68. The fraction of sp³-hybridized carbons (Fsp3) is 0.211. The van der Waals surface area contributed by atoms with Gasteiger partial charge in [-0.3, -0.25) is 14.4 Å². The van der Waals surface area contributed by atoms with Crippen molar-refractivity contribution in [1.82, 2.24) is 16.0 Å². The van der Waals surface area contributed by atoms with Crippen molar-refractivity contribution in [2.24, 2.45) is 0 Å². The summed E-state index contributed by atoms with van der Waals surface area (Å²) in [6.45, 7) is -0.101. The van der Waals surface area contributed by atoms with Crippen LogP contribution >= 0.6 is 11.6 Å². The first-order valence-corrected chi connectivity index (χ1v) is 8.80. The Balaban J connectivity index is 1.97. The predicted octanol–water partition coefficient (Wildman–Crippen LogP) is 2.48. The van der Waals surface area contributed by atoms with Crippen molar-refractivity contribution in [2.75, 3.05) is 13.6 Å². The lowest BCUT2D eigenvalue weighted by atomic mass is 10.1. The van der Waals surface area contributed by atoms with E-state index in [0.717, 1.165) is 24.3 Å². The molecule has 3 N–H and O–H groups in total. The van der Waals surface area contributed by atoms with Gasteiger partial charge in [0.25, 0.3) is 5.91 Å². The second kappa shape index (κ2) is 9.92. The van der Waals surface area contributed by atoms with Crippen molar-refractivity contribution in [2.45, 2.75) is 12.5 Å². The summed E-state index contributed by atoms with van der Waals surface area (Å²) in [6, 6.07) is 4.86. The van der Waals surface area contributed by atoms with Crippen molar-refractivity contribution in [1.29, 1.82) is 0 Å². The zero-order valence-corrected chi connectivity index (χ0v) is 15.9. The molecule has 0 spiro atoms. The summed E-state index contributed by atoms with van der Waals surface area (Å²) in [4.78, 5) is 36.2. The minimum Gasteiger partial charge on any atom is -0.357 e. The molecule has 0 aliphatic carbocycles. The Morgan fingerprint density at radius 1 is 1.03 bits per heavy atom. The van der Waals surface area contributed by atoms with E-state index < -0.39 is 41.2 Å². The molecular formula is C19H17ClF3N3O3. The van der Waals surface area contributed by atoms with E-state index in [1.165, 1.54) is 19.2 Å². The van der Waals surface area contributed by atoms with E-state index in [2.05, 4.69) is 16.0 Å². The van der Waals surface area contributed by atoms with Crippen LogP contribution in [-0.4, -0.2) is 31.3 Å². The van der Waals surface area contributed by atoms with E-state index in [4.69, 9.17) is 11.6 Å². The molecule has 2 rings (SSSR count). The van der Waals surface area contributed by atoms with E-state index in [1.807, 2.05) is 0 Å². The Morgan fingerprint density at radius 3 is 2.38 bits per heavy atom. The molecule has 0 bridgehead atoms. The van der Waals surface area contributed by atoms with Crippen molar-refractivity contribution in [3.8, 4) is 0 Å². The summed E-state index contributed by atoms with van der Waals surface area (Å²) in [7, 11) is 1.33. The average molecular weight is 428 g/mol. The molecule has 0 fully saturated rings. The lowest BCUT2D eigenvalue weighted by Gasteiger charge is -2.18. The summed E-state index contributed by atoms with van der Waals surface area (Å²) >= 11 is 5.80. The second-order valence-corrected chi connectivity index (χ2v) is 6.33. The van der Waals surface area contributed by atoms with E-state index in [1.54, 1.807) is 0 Å². The number of amides is 3. The van der Waals surface area contributed by atoms with Gasteiger partial charge in [0.05, 0.1) is 10.6 Å². The molecular weight excluding hydrogens is 411 g/mol. The molecule has 0 aromatic heterocycles. The van der Waals surface area contributed by atoms with Gasteiger partial charge < -0.3 is 16.0 Å². The molecule has 2 aromatic carbocycles. The molecule has 3 amide bonds. The van der Waals surface area contributed by atoms with Crippen LogP contribution in [0.15, 0.2) is 36.4 Å². The highest BCUT2D eigenvalue weighted by molar-refractivity contribution is 6.33. The van der Waals surface area contributed by atoms with Gasteiger partial charge >= 0.3 is 0 Å².